The first kappa shape index (κ1) is 25.5. The van der Waals surface area contributed by atoms with Crippen molar-refractivity contribution < 1.29 is 35.5 Å². The quantitative estimate of drug-likeness (QED) is 0.451. The number of nitrogens with one attached hydrogen (secondary N) is 1. The molecule has 2 heterocycles. The van der Waals surface area contributed by atoms with Gasteiger partial charge in [0.1, 0.15) is 23.5 Å². The van der Waals surface area contributed by atoms with Gasteiger partial charge in [0.2, 0.25) is 0 Å². The number of fused-ring (bicyclic) bond motifs is 1. The van der Waals surface area contributed by atoms with Crippen molar-refractivity contribution >= 4 is 11.8 Å². The van der Waals surface area contributed by atoms with Crippen molar-refractivity contribution in [3.05, 3.63) is 43.1 Å². The molecule has 1 aromatic heterocycles. The summed E-state index contributed by atoms with van der Waals surface area (Å²) >= 11 is 0. The second-order valence-electron chi connectivity index (χ2n) is 8.94. The topological polar surface area (TPSA) is 93.3 Å². The SMILES string of the molecule is COC1=c2c(c(=O)[nH]c(=O)n2C2CC2)=CC(F)C1N1CCC(C(N)C=C(C(F)(F)F)C(F)(F)F)C1. The fourth-order valence-electron chi connectivity index (χ4n) is 4.83. The summed E-state index contributed by atoms with van der Waals surface area (Å²) in [6, 6.07) is -2.92. The van der Waals surface area contributed by atoms with Crippen LogP contribution in [0.15, 0.2) is 21.2 Å². The Morgan fingerprint density at radius 2 is 1.80 bits per heavy atom. The molecule has 1 aliphatic heterocycles. The second kappa shape index (κ2) is 8.80. The number of ether oxygens (including phenoxy) is 1. The molecule has 35 heavy (non-hydrogen) atoms. The lowest BCUT2D eigenvalue weighted by Crippen LogP contribution is -2.60. The molecular weight excluding hydrogens is 489 g/mol. The van der Waals surface area contributed by atoms with Crippen molar-refractivity contribution in [1.82, 2.24) is 14.5 Å². The van der Waals surface area contributed by atoms with Crippen molar-refractivity contribution in [1.29, 1.82) is 0 Å². The van der Waals surface area contributed by atoms with Crippen molar-refractivity contribution in [2.75, 3.05) is 20.2 Å². The number of nitrogens with zero attached hydrogens (tertiary/aromatic N) is 2. The van der Waals surface area contributed by atoms with Crippen molar-refractivity contribution in [2.24, 2.45) is 11.7 Å². The number of allylic oxidation sites excluding steroid dienone is 1. The predicted octanol–water partition coefficient (Wildman–Crippen LogP) is 0.827. The largest absolute Gasteiger partial charge is 0.497 e. The van der Waals surface area contributed by atoms with E-state index in [9.17, 15) is 35.9 Å². The highest BCUT2D eigenvalue weighted by atomic mass is 19.4. The summed E-state index contributed by atoms with van der Waals surface area (Å²) in [5.41, 5.74) is 1.58. The van der Waals surface area contributed by atoms with Gasteiger partial charge in [-0.3, -0.25) is 19.2 Å². The Kier molecular flexibility index (Phi) is 6.41. The van der Waals surface area contributed by atoms with Crippen LogP contribution >= 0.6 is 0 Å². The van der Waals surface area contributed by atoms with Crippen LogP contribution in [0.5, 0.6) is 0 Å². The molecule has 0 amide bonds. The molecule has 4 unspecified atom stereocenters. The third kappa shape index (κ3) is 4.77. The van der Waals surface area contributed by atoms with E-state index in [-0.39, 0.29) is 48.0 Å². The van der Waals surface area contributed by atoms with Gasteiger partial charge in [-0.1, -0.05) is 6.08 Å². The highest BCUT2D eigenvalue weighted by Crippen LogP contribution is 2.40. The van der Waals surface area contributed by atoms with Gasteiger partial charge in [-0.25, -0.2) is 9.18 Å². The average Bonchev–Trinajstić information content (AvgIpc) is 3.45. The predicted molar refractivity (Wildman–Crippen MR) is 110 cm³/mol. The second-order valence-corrected chi connectivity index (χ2v) is 8.94. The third-order valence-electron chi connectivity index (χ3n) is 6.61. The first-order valence-corrected chi connectivity index (χ1v) is 10.9. The van der Waals surface area contributed by atoms with E-state index in [1.165, 1.54) is 16.6 Å². The number of methoxy groups -OCH3 is 1. The molecule has 7 nitrogen and oxygen atoms in total. The number of alkyl halides is 7. The van der Waals surface area contributed by atoms with Gasteiger partial charge in [0, 0.05) is 18.6 Å². The van der Waals surface area contributed by atoms with Gasteiger partial charge in [-0.05, 0) is 37.8 Å². The highest BCUT2D eigenvalue weighted by Gasteiger charge is 2.51. The zero-order valence-corrected chi connectivity index (χ0v) is 18.4. The molecule has 3 N–H and O–H groups in total. The van der Waals surface area contributed by atoms with E-state index < -0.39 is 53.3 Å². The summed E-state index contributed by atoms with van der Waals surface area (Å²) in [6.07, 6.45) is -10.6. The van der Waals surface area contributed by atoms with Gasteiger partial charge in [0.15, 0.2) is 0 Å². The van der Waals surface area contributed by atoms with Gasteiger partial charge < -0.3 is 10.5 Å². The van der Waals surface area contributed by atoms with Crippen molar-refractivity contribution in [2.45, 2.75) is 55.9 Å². The summed E-state index contributed by atoms with van der Waals surface area (Å²) in [6.45, 7) is -0.00379. The molecule has 14 heteroatoms. The summed E-state index contributed by atoms with van der Waals surface area (Å²) in [7, 11) is 1.24. The number of likely N-dealkylation sites (tertiary alicyclic amines) is 1. The van der Waals surface area contributed by atoms with Gasteiger partial charge in [-0.15, -0.1) is 0 Å². The maximum absolute atomic E-state index is 15.3. The normalized spacial score (nSPS) is 26.2. The van der Waals surface area contributed by atoms with Gasteiger partial charge >= 0.3 is 18.0 Å². The van der Waals surface area contributed by atoms with Crippen LogP contribution in [-0.2, 0) is 4.74 Å². The van der Waals surface area contributed by atoms with Crippen LogP contribution in [0.25, 0.3) is 11.8 Å². The smallest absolute Gasteiger partial charge is 0.421 e. The minimum Gasteiger partial charge on any atom is -0.497 e. The lowest BCUT2D eigenvalue weighted by Gasteiger charge is -2.33. The summed E-state index contributed by atoms with van der Waals surface area (Å²) < 4.78 is 99.6. The number of rotatable bonds is 5. The summed E-state index contributed by atoms with van der Waals surface area (Å²) in [4.78, 5) is 28.5. The Bertz CT molecular complexity index is 1240. The van der Waals surface area contributed by atoms with Crippen molar-refractivity contribution in [3.63, 3.8) is 0 Å². The fourth-order valence-corrected chi connectivity index (χ4v) is 4.83. The van der Waals surface area contributed by atoms with Gasteiger partial charge in [-0.2, -0.15) is 26.3 Å². The van der Waals surface area contributed by atoms with Crippen LogP contribution < -0.4 is 27.6 Å². The Hall–Kier alpha value is -2.61. The monoisotopic (exact) mass is 512 g/mol. The van der Waals surface area contributed by atoms with Crippen LogP contribution in [0.3, 0.4) is 0 Å². The number of H-pyrrole nitrogens is 1. The molecule has 0 radical (unpaired) electrons. The first-order chi connectivity index (χ1) is 16.2. The minimum absolute atomic E-state index is 0.00105. The van der Waals surface area contributed by atoms with Crippen LogP contribution in [0, 0.1) is 5.92 Å². The lowest BCUT2D eigenvalue weighted by atomic mass is 9.96. The van der Waals surface area contributed by atoms with Crippen LogP contribution in [0.1, 0.15) is 25.3 Å². The molecule has 4 rings (SSSR count). The molecule has 2 fully saturated rings. The zero-order valence-electron chi connectivity index (χ0n) is 18.4. The molecule has 0 aromatic carbocycles. The number of aromatic amines is 1. The molecule has 1 saturated heterocycles. The Balaban J connectivity index is 1.70. The van der Waals surface area contributed by atoms with E-state index in [4.69, 9.17) is 10.5 Å². The molecule has 2 aliphatic carbocycles. The number of hydrogen-bond donors (Lipinski definition) is 2. The van der Waals surface area contributed by atoms with E-state index in [0.717, 1.165) is 6.08 Å². The minimum atomic E-state index is -5.63. The first-order valence-electron chi connectivity index (χ1n) is 10.9. The van der Waals surface area contributed by atoms with E-state index in [2.05, 4.69) is 4.98 Å². The lowest BCUT2D eigenvalue weighted by molar-refractivity contribution is -0.172. The maximum atomic E-state index is 15.3. The van der Waals surface area contributed by atoms with E-state index >= 15 is 4.39 Å². The molecule has 1 saturated carbocycles. The van der Waals surface area contributed by atoms with Gasteiger partial charge in [0.05, 0.1) is 17.7 Å². The number of halogens is 7. The number of aromatic nitrogens is 2. The highest BCUT2D eigenvalue weighted by molar-refractivity contribution is 5.53. The Labute approximate surface area is 193 Å². The molecule has 0 spiro atoms. The third-order valence-corrected chi connectivity index (χ3v) is 6.61. The summed E-state index contributed by atoms with van der Waals surface area (Å²) in [5, 5.41) is 0.0687. The van der Waals surface area contributed by atoms with Crippen LogP contribution in [0.2, 0.25) is 0 Å². The van der Waals surface area contributed by atoms with E-state index in [1.54, 1.807) is 0 Å². The molecule has 3 aliphatic rings. The van der Waals surface area contributed by atoms with Crippen LogP contribution in [-0.4, -0.2) is 65.3 Å². The van der Waals surface area contributed by atoms with Gasteiger partial charge in [0.25, 0.3) is 5.56 Å². The maximum Gasteiger partial charge on any atom is 0.421 e. The number of nitrogens with two attached hydrogens (primary N) is 1. The fraction of sp³-hybridized carbons (Fsp3) is 0.619. The van der Waals surface area contributed by atoms with Crippen molar-refractivity contribution in [3.8, 4) is 0 Å². The van der Waals surface area contributed by atoms with Crippen LogP contribution in [0.4, 0.5) is 30.7 Å². The summed E-state index contributed by atoms with van der Waals surface area (Å²) in [5.74, 6) is -0.827. The molecule has 194 valence electrons. The standard InChI is InChI=1S/C21H23F7N4O3/c1-35-17-15-11(18(33)30-19(34)32(15)10-2-3-10)6-12(22)16(17)31-5-4-9(8-31)13(29)7-14(20(23,24)25)21(26,27)28/h6-7,9-10,12-13,16H,2-5,8,29H2,1H3,(H,30,33,34). The molecule has 0 bridgehead atoms. The Morgan fingerprint density at radius 1 is 1.17 bits per heavy atom. The average molecular weight is 512 g/mol. The molecule has 1 aromatic rings. The zero-order chi connectivity index (χ0) is 25.9. The number of hydrogen-bond acceptors (Lipinski definition) is 5. The molecular formula is C21H23F7N4O3. The molecule has 4 atom stereocenters. The van der Waals surface area contributed by atoms with E-state index in [1.807, 2.05) is 0 Å². The Morgan fingerprint density at radius 3 is 2.34 bits per heavy atom. The van der Waals surface area contributed by atoms with E-state index in [0.29, 0.717) is 12.8 Å².